The van der Waals surface area contributed by atoms with Gasteiger partial charge in [-0.15, -0.1) is 0 Å². The normalized spacial score (nSPS) is 11.0. The Morgan fingerprint density at radius 3 is 1.77 bits per heavy atom. The number of hydrogen-bond acceptors (Lipinski definition) is 1. The van der Waals surface area contributed by atoms with Gasteiger partial charge >= 0.3 is 0 Å². The molecule has 0 aliphatic carbocycles. The topological polar surface area (TPSA) is 9.23 Å². The zero-order valence-electron chi connectivity index (χ0n) is 16.8. The maximum Gasteiger partial charge on any atom is 0.127 e. The number of unbranched alkanes of at least 4 members (excludes halogenated alkanes) is 7. The summed E-state index contributed by atoms with van der Waals surface area (Å²) in [5.41, 5.74) is 1.42. The largest absolute Gasteiger partial charge is 0.457 e. The quantitative estimate of drug-likeness (QED) is 0.330. The van der Waals surface area contributed by atoms with Crippen LogP contribution in [0.1, 0.15) is 77.2 Å². The molecule has 142 valence electrons. The first-order valence-corrected chi connectivity index (χ1v) is 10.6. The molecule has 0 aliphatic rings. The maximum atomic E-state index is 5.84. The lowest BCUT2D eigenvalue weighted by Crippen LogP contribution is -1.89. The van der Waals surface area contributed by atoms with E-state index in [1.165, 1.54) is 69.8 Å². The van der Waals surface area contributed by atoms with Gasteiger partial charge in [0.25, 0.3) is 0 Å². The molecule has 0 aromatic heterocycles. The van der Waals surface area contributed by atoms with Crippen molar-refractivity contribution in [2.24, 2.45) is 5.92 Å². The fraction of sp³-hybridized carbons (Fsp3) is 0.520. The monoisotopic (exact) mass is 352 g/mol. The molecule has 0 saturated carbocycles. The molecular formula is C25H36O. The highest BCUT2D eigenvalue weighted by atomic mass is 16.5. The van der Waals surface area contributed by atoms with Crippen molar-refractivity contribution in [3.8, 4) is 11.5 Å². The molecule has 0 bridgehead atoms. The summed E-state index contributed by atoms with van der Waals surface area (Å²) in [7, 11) is 0. The first-order chi connectivity index (χ1) is 12.7. The molecule has 2 aromatic rings. The van der Waals surface area contributed by atoms with Crippen LogP contribution in [-0.4, -0.2) is 0 Å². The second-order valence-electron chi connectivity index (χ2n) is 7.82. The van der Waals surface area contributed by atoms with Crippen LogP contribution in [0.2, 0.25) is 0 Å². The summed E-state index contributed by atoms with van der Waals surface area (Å²) >= 11 is 0. The van der Waals surface area contributed by atoms with Gasteiger partial charge in [0.1, 0.15) is 11.5 Å². The first kappa shape index (κ1) is 20.6. The molecule has 0 fully saturated rings. The van der Waals surface area contributed by atoms with Crippen LogP contribution < -0.4 is 4.74 Å². The predicted octanol–water partition coefficient (Wildman–Crippen LogP) is 8.19. The van der Waals surface area contributed by atoms with Crippen LogP contribution in [0.3, 0.4) is 0 Å². The van der Waals surface area contributed by atoms with Crippen LogP contribution >= 0.6 is 0 Å². The third-order valence-electron chi connectivity index (χ3n) is 4.90. The molecule has 2 aromatic carbocycles. The van der Waals surface area contributed by atoms with Gasteiger partial charge in [0.15, 0.2) is 0 Å². The van der Waals surface area contributed by atoms with Crippen molar-refractivity contribution in [1.82, 2.24) is 0 Å². The van der Waals surface area contributed by atoms with Gasteiger partial charge in [-0.05, 0) is 48.6 Å². The third kappa shape index (κ3) is 9.08. The Labute approximate surface area is 160 Å². The zero-order valence-corrected chi connectivity index (χ0v) is 16.8. The molecule has 26 heavy (non-hydrogen) atoms. The van der Waals surface area contributed by atoms with Crippen molar-refractivity contribution in [3.63, 3.8) is 0 Å². The van der Waals surface area contributed by atoms with Crippen LogP contribution in [0.25, 0.3) is 0 Å². The van der Waals surface area contributed by atoms with Gasteiger partial charge in [0, 0.05) is 0 Å². The van der Waals surface area contributed by atoms with Crippen molar-refractivity contribution in [2.75, 3.05) is 0 Å². The number of aryl methyl sites for hydroxylation is 1. The number of benzene rings is 2. The summed E-state index contributed by atoms with van der Waals surface area (Å²) in [5, 5.41) is 0. The smallest absolute Gasteiger partial charge is 0.127 e. The van der Waals surface area contributed by atoms with Crippen molar-refractivity contribution in [2.45, 2.75) is 78.1 Å². The van der Waals surface area contributed by atoms with Gasteiger partial charge in [0.2, 0.25) is 0 Å². The first-order valence-electron chi connectivity index (χ1n) is 10.6. The van der Waals surface area contributed by atoms with E-state index in [2.05, 4.69) is 38.1 Å². The van der Waals surface area contributed by atoms with E-state index in [9.17, 15) is 0 Å². The third-order valence-corrected chi connectivity index (χ3v) is 4.90. The van der Waals surface area contributed by atoms with Gasteiger partial charge < -0.3 is 4.74 Å². The van der Waals surface area contributed by atoms with E-state index in [0.717, 1.165) is 17.4 Å². The maximum absolute atomic E-state index is 5.84. The average Bonchev–Trinajstić information content (AvgIpc) is 2.65. The molecule has 1 nitrogen and oxygen atoms in total. The van der Waals surface area contributed by atoms with Gasteiger partial charge in [-0.2, -0.15) is 0 Å². The Bertz CT molecular complexity index is 571. The van der Waals surface area contributed by atoms with E-state index in [1.54, 1.807) is 0 Å². The zero-order chi connectivity index (χ0) is 18.5. The Morgan fingerprint density at radius 2 is 1.15 bits per heavy atom. The number of hydrogen-bond donors (Lipinski definition) is 0. The highest BCUT2D eigenvalue weighted by molar-refractivity contribution is 5.32. The highest BCUT2D eigenvalue weighted by Gasteiger charge is 1.99. The molecule has 0 spiro atoms. The minimum atomic E-state index is 0.869. The summed E-state index contributed by atoms with van der Waals surface area (Å²) in [6.45, 7) is 4.65. The minimum Gasteiger partial charge on any atom is -0.457 e. The Kier molecular flexibility index (Phi) is 9.94. The van der Waals surface area contributed by atoms with Crippen LogP contribution in [0.4, 0.5) is 0 Å². The van der Waals surface area contributed by atoms with Crippen LogP contribution in [0.5, 0.6) is 11.5 Å². The Hall–Kier alpha value is -1.76. The molecule has 0 N–H and O–H groups in total. The van der Waals surface area contributed by atoms with Crippen molar-refractivity contribution >= 4 is 0 Å². The minimum absolute atomic E-state index is 0.869. The molecule has 0 atom stereocenters. The number of rotatable bonds is 13. The lowest BCUT2D eigenvalue weighted by atomic mass is 10.0. The summed E-state index contributed by atoms with van der Waals surface area (Å²) in [5.74, 6) is 2.68. The molecular weight excluding hydrogens is 316 g/mol. The highest BCUT2D eigenvalue weighted by Crippen LogP contribution is 2.22. The molecule has 0 aliphatic heterocycles. The van der Waals surface area contributed by atoms with Crippen molar-refractivity contribution < 1.29 is 4.74 Å². The lowest BCUT2D eigenvalue weighted by molar-refractivity contribution is 0.482. The predicted molar refractivity (Wildman–Crippen MR) is 113 cm³/mol. The number of para-hydroxylation sites is 1. The molecule has 0 amide bonds. The molecule has 0 radical (unpaired) electrons. The van der Waals surface area contributed by atoms with E-state index in [1.807, 2.05) is 30.3 Å². The second-order valence-corrected chi connectivity index (χ2v) is 7.82. The molecule has 0 heterocycles. The van der Waals surface area contributed by atoms with Crippen LogP contribution in [-0.2, 0) is 6.42 Å². The number of ether oxygens (including phenoxy) is 1. The molecule has 0 saturated heterocycles. The van der Waals surface area contributed by atoms with Gasteiger partial charge in [-0.3, -0.25) is 0 Å². The summed E-state index contributed by atoms with van der Waals surface area (Å²) in [4.78, 5) is 0. The molecule has 0 unspecified atom stereocenters. The molecule has 2 rings (SSSR count). The van der Waals surface area contributed by atoms with Crippen LogP contribution in [0.15, 0.2) is 54.6 Å². The molecule has 1 heteroatoms. The SMILES string of the molecule is CC(C)CCCCCCCCCCc1ccc(Oc2ccccc2)cc1. The Balaban J connectivity index is 1.51. The van der Waals surface area contributed by atoms with Crippen LogP contribution in [0, 0.1) is 5.92 Å². The van der Waals surface area contributed by atoms with E-state index in [4.69, 9.17) is 4.74 Å². The second kappa shape index (κ2) is 12.6. The summed E-state index contributed by atoms with van der Waals surface area (Å²) in [6, 6.07) is 18.5. The fourth-order valence-electron chi connectivity index (χ4n) is 3.29. The van der Waals surface area contributed by atoms with E-state index >= 15 is 0 Å². The summed E-state index contributed by atoms with van der Waals surface area (Å²) in [6.07, 6.45) is 13.7. The van der Waals surface area contributed by atoms with E-state index < -0.39 is 0 Å². The average molecular weight is 353 g/mol. The fourth-order valence-corrected chi connectivity index (χ4v) is 3.29. The van der Waals surface area contributed by atoms with Crippen molar-refractivity contribution in [1.29, 1.82) is 0 Å². The van der Waals surface area contributed by atoms with Gasteiger partial charge in [-0.1, -0.05) is 95.5 Å². The van der Waals surface area contributed by atoms with Gasteiger partial charge in [0.05, 0.1) is 0 Å². The Morgan fingerprint density at radius 1 is 0.615 bits per heavy atom. The van der Waals surface area contributed by atoms with E-state index in [-0.39, 0.29) is 0 Å². The summed E-state index contributed by atoms with van der Waals surface area (Å²) < 4.78 is 5.84. The van der Waals surface area contributed by atoms with Crippen molar-refractivity contribution in [3.05, 3.63) is 60.2 Å². The standard InChI is InChI=1S/C25H36O/c1-22(2)14-10-7-5-3-4-6-8-11-15-23-18-20-25(21-19-23)26-24-16-12-9-13-17-24/h9,12-13,16-22H,3-8,10-11,14-15H2,1-2H3. The van der Waals surface area contributed by atoms with E-state index in [0.29, 0.717) is 0 Å². The lowest BCUT2D eigenvalue weighted by Gasteiger charge is -2.07. The van der Waals surface area contributed by atoms with Gasteiger partial charge in [-0.25, -0.2) is 0 Å².